The standard InChI is InChI=1S/C29H23F3N4O/c1-19-9-10-22(26(37)16-20-5-2-6-23(15-20)29(30,31)32)17-21(19)11-12-24-18-34-28-25(7-4-14-36(24)28)35-27-8-3-13-33-27/h2,4-7,9-10,14-15,17-18H,3,8,13,16H2,1H3,(H,33,35). The molecule has 0 bridgehead atoms. The summed E-state index contributed by atoms with van der Waals surface area (Å²) in [5.41, 5.74) is 3.78. The van der Waals surface area contributed by atoms with Crippen molar-refractivity contribution < 1.29 is 18.0 Å². The molecular formula is C29H23F3N4O. The summed E-state index contributed by atoms with van der Waals surface area (Å²) in [6, 6.07) is 13.9. The van der Waals surface area contributed by atoms with Crippen molar-refractivity contribution in [2.24, 2.45) is 4.99 Å². The highest BCUT2D eigenvalue weighted by Crippen LogP contribution is 2.30. The second-order valence-corrected chi connectivity index (χ2v) is 8.89. The minimum atomic E-state index is -4.45. The number of alkyl halides is 3. The molecule has 0 radical (unpaired) electrons. The Bertz CT molecular complexity index is 1590. The predicted octanol–water partition coefficient (Wildman–Crippen LogP) is 6.09. The molecule has 0 unspecified atom stereocenters. The summed E-state index contributed by atoms with van der Waals surface area (Å²) in [5.74, 6) is 6.95. The van der Waals surface area contributed by atoms with Crippen LogP contribution in [0.4, 0.5) is 18.9 Å². The number of nitrogens with zero attached hydrogens (tertiary/aromatic N) is 3. The van der Waals surface area contributed by atoms with Crippen molar-refractivity contribution in [1.82, 2.24) is 9.38 Å². The van der Waals surface area contributed by atoms with Crippen LogP contribution in [0.15, 0.2) is 72.0 Å². The van der Waals surface area contributed by atoms with Crippen molar-refractivity contribution in [3.63, 3.8) is 0 Å². The third-order valence-electron chi connectivity index (χ3n) is 6.19. The van der Waals surface area contributed by atoms with Crippen molar-refractivity contribution in [2.75, 3.05) is 11.9 Å². The van der Waals surface area contributed by atoms with E-state index in [2.05, 4.69) is 27.1 Å². The number of aromatic nitrogens is 2. The number of rotatable bonds is 4. The summed E-state index contributed by atoms with van der Waals surface area (Å²) in [5, 5.41) is 3.35. The smallest absolute Gasteiger partial charge is 0.341 e. The minimum Gasteiger partial charge on any atom is -0.341 e. The quantitative estimate of drug-likeness (QED) is 0.273. The molecule has 0 atom stereocenters. The van der Waals surface area contributed by atoms with Gasteiger partial charge in [0.1, 0.15) is 11.5 Å². The van der Waals surface area contributed by atoms with Gasteiger partial charge in [-0.25, -0.2) is 4.98 Å². The van der Waals surface area contributed by atoms with E-state index in [1.54, 1.807) is 24.4 Å². The van der Waals surface area contributed by atoms with Crippen molar-refractivity contribution in [3.05, 3.63) is 101 Å². The van der Waals surface area contributed by atoms with E-state index >= 15 is 0 Å². The summed E-state index contributed by atoms with van der Waals surface area (Å²) in [7, 11) is 0. The van der Waals surface area contributed by atoms with E-state index in [0.29, 0.717) is 22.4 Å². The molecule has 0 aliphatic carbocycles. The van der Waals surface area contributed by atoms with Crippen LogP contribution in [0.3, 0.4) is 0 Å². The number of aliphatic imine (C=N–C) groups is 1. The van der Waals surface area contributed by atoms with E-state index in [9.17, 15) is 18.0 Å². The number of anilines is 1. The molecule has 3 heterocycles. The highest BCUT2D eigenvalue weighted by molar-refractivity contribution is 5.99. The molecule has 1 N–H and O–H groups in total. The summed E-state index contributed by atoms with van der Waals surface area (Å²) in [6.07, 6.45) is 0.949. The molecule has 0 fully saturated rings. The van der Waals surface area contributed by atoms with Crippen LogP contribution in [-0.4, -0.2) is 27.5 Å². The zero-order valence-corrected chi connectivity index (χ0v) is 20.1. The Morgan fingerprint density at radius 1 is 1.11 bits per heavy atom. The summed E-state index contributed by atoms with van der Waals surface area (Å²) in [6.45, 7) is 2.72. The molecule has 0 amide bonds. The van der Waals surface area contributed by atoms with Gasteiger partial charge in [-0.1, -0.05) is 36.3 Å². The number of fused-ring (bicyclic) bond motifs is 1. The number of pyridine rings is 1. The fourth-order valence-electron chi connectivity index (χ4n) is 4.20. The molecule has 8 heteroatoms. The summed E-state index contributed by atoms with van der Waals surface area (Å²) >= 11 is 0. The number of carbonyl (C=O) groups is 1. The lowest BCUT2D eigenvalue weighted by atomic mass is 9.98. The number of Topliss-reactive ketones (excluding diaryl/α,β-unsaturated/α-hetero) is 1. The van der Waals surface area contributed by atoms with E-state index in [1.165, 1.54) is 12.1 Å². The van der Waals surface area contributed by atoms with Crippen molar-refractivity contribution in [3.8, 4) is 11.8 Å². The van der Waals surface area contributed by atoms with Gasteiger partial charge < -0.3 is 5.32 Å². The lowest BCUT2D eigenvalue weighted by molar-refractivity contribution is -0.137. The van der Waals surface area contributed by atoms with E-state index in [0.717, 1.165) is 54.3 Å². The molecule has 1 aliphatic heterocycles. The third-order valence-corrected chi connectivity index (χ3v) is 6.19. The van der Waals surface area contributed by atoms with Gasteiger partial charge in [-0.15, -0.1) is 0 Å². The first-order chi connectivity index (χ1) is 17.8. The maximum Gasteiger partial charge on any atom is 0.416 e. The first-order valence-electron chi connectivity index (χ1n) is 11.9. The van der Waals surface area contributed by atoms with Gasteiger partial charge in [-0.2, -0.15) is 13.2 Å². The van der Waals surface area contributed by atoms with E-state index in [4.69, 9.17) is 0 Å². The van der Waals surface area contributed by atoms with E-state index in [-0.39, 0.29) is 12.2 Å². The predicted molar refractivity (Wildman–Crippen MR) is 137 cm³/mol. The highest BCUT2D eigenvalue weighted by atomic mass is 19.4. The Labute approximate surface area is 212 Å². The van der Waals surface area contributed by atoms with Crippen molar-refractivity contribution in [1.29, 1.82) is 0 Å². The molecule has 5 nitrogen and oxygen atoms in total. The van der Waals surface area contributed by atoms with Gasteiger partial charge in [0.2, 0.25) is 0 Å². The number of aryl methyl sites for hydroxylation is 1. The third kappa shape index (κ3) is 5.41. The zero-order valence-electron chi connectivity index (χ0n) is 20.1. The Morgan fingerprint density at radius 2 is 1.97 bits per heavy atom. The van der Waals surface area contributed by atoms with Crippen molar-refractivity contribution in [2.45, 2.75) is 32.4 Å². The Hall–Kier alpha value is -4.38. The van der Waals surface area contributed by atoms with E-state index in [1.807, 2.05) is 29.7 Å². The number of benzene rings is 2. The Morgan fingerprint density at radius 3 is 2.76 bits per heavy atom. The molecular weight excluding hydrogens is 477 g/mol. The summed E-state index contributed by atoms with van der Waals surface area (Å²) < 4.78 is 41.0. The number of hydrogen-bond acceptors (Lipinski definition) is 4. The highest BCUT2D eigenvalue weighted by Gasteiger charge is 2.30. The maximum atomic E-state index is 13.0. The zero-order chi connectivity index (χ0) is 26.0. The Kier molecular flexibility index (Phi) is 6.53. The van der Waals surface area contributed by atoms with Gasteiger partial charge in [-0.05, 0) is 54.7 Å². The molecule has 186 valence electrons. The lowest BCUT2D eigenvalue weighted by Crippen LogP contribution is -2.09. The first kappa shape index (κ1) is 24.3. The SMILES string of the molecule is Cc1ccc(C(=O)Cc2cccc(C(F)(F)F)c2)cc1C#Cc1cnc2c(NC3=NCCC3)cccn12. The van der Waals surface area contributed by atoms with Crippen LogP contribution in [0.5, 0.6) is 0 Å². The van der Waals surface area contributed by atoms with Crippen LogP contribution in [0.2, 0.25) is 0 Å². The fourth-order valence-corrected chi connectivity index (χ4v) is 4.20. The second-order valence-electron chi connectivity index (χ2n) is 8.89. The summed E-state index contributed by atoms with van der Waals surface area (Å²) in [4.78, 5) is 21.8. The lowest BCUT2D eigenvalue weighted by Gasteiger charge is -2.09. The number of amidine groups is 1. The first-order valence-corrected chi connectivity index (χ1v) is 11.9. The van der Waals surface area contributed by atoms with Gasteiger partial charge in [0.05, 0.1) is 17.4 Å². The molecule has 5 rings (SSSR count). The van der Waals surface area contributed by atoms with Gasteiger partial charge in [0.25, 0.3) is 0 Å². The average Bonchev–Trinajstić information content (AvgIpc) is 3.54. The molecule has 0 saturated heterocycles. The topological polar surface area (TPSA) is 58.8 Å². The number of hydrogen-bond donors (Lipinski definition) is 1. The molecule has 2 aromatic carbocycles. The Balaban J connectivity index is 1.38. The average molecular weight is 501 g/mol. The van der Waals surface area contributed by atoms with Gasteiger partial charge in [0.15, 0.2) is 11.4 Å². The van der Waals surface area contributed by atoms with E-state index < -0.39 is 11.7 Å². The second kappa shape index (κ2) is 9.94. The van der Waals surface area contributed by atoms with Gasteiger partial charge >= 0.3 is 6.18 Å². The molecule has 0 spiro atoms. The normalized spacial score (nSPS) is 13.2. The molecule has 2 aromatic heterocycles. The number of ketones is 1. The largest absolute Gasteiger partial charge is 0.416 e. The number of imidazole rings is 1. The van der Waals surface area contributed by atoms with Crippen LogP contribution < -0.4 is 5.32 Å². The number of carbonyl (C=O) groups excluding carboxylic acids is 1. The van der Waals surface area contributed by atoms with Gasteiger partial charge in [-0.3, -0.25) is 14.2 Å². The molecule has 1 aliphatic rings. The van der Waals surface area contributed by atoms with Crippen LogP contribution in [0.1, 0.15) is 51.1 Å². The number of halogens is 3. The van der Waals surface area contributed by atoms with Crippen LogP contribution >= 0.6 is 0 Å². The maximum absolute atomic E-state index is 13.0. The molecule has 0 saturated carbocycles. The van der Waals surface area contributed by atoms with Crippen LogP contribution in [0.25, 0.3) is 5.65 Å². The monoisotopic (exact) mass is 500 g/mol. The van der Waals surface area contributed by atoms with Crippen LogP contribution in [0, 0.1) is 18.8 Å². The molecule has 37 heavy (non-hydrogen) atoms. The van der Waals surface area contributed by atoms with Gasteiger partial charge in [0, 0.05) is 36.7 Å². The fraction of sp³-hybridized carbons (Fsp3) is 0.207. The van der Waals surface area contributed by atoms with Crippen LogP contribution in [-0.2, 0) is 12.6 Å². The van der Waals surface area contributed by atoms with Crippen molar-refractivity contribution >= 4 is 23.0 Å². The molecule has 4 aromatic rings. The number of nitrogens with one attached hydrogen (secondary N) is 1. The minimum absolute atomic E-state index is 0.131.